The van der Waals surface area contributed by atoms with E-state index in [0.29, 0.717) is 26.1 Å². The highest BCUT2D eigenvalue weighted by molar-refractivity contribution is 5.82. The molecule has 0 unspecified atom stereocenters. The number of hydrogen-bond donors (Lipinski definition) is 0. The number of hydrogen-bond acceptors (Lipinski definition) is 6. The summed E-state index contributed by atoms with van der Waals surface area (Å²) in [5.74, 6) is -0.432. The minimum absolute atomic E-state index is 0.0830. The number of nitrogens with zero attached hydrogens (tertiary/aromatic N) is 2. The van der Waals surface area contributed by atoms with Crippen molar-refractivity contribution in [3.63, 3.8) is 0 Å². The number of likely N-dealkylation sites (tertiary alicyclic amines) is 2. The second-order valence-electron chi connectivity index (χ2n) is 8.80. The third-order valence-corrected chi connectivity index (χ3v) is 5.49. The number of carbonyl (C=O) groups excluding carboxylic acids is 3. The Labute approximate surface area is 177 Å². The summed E-state index contributed by atoms with van der Waals surface area (Å²) in [6.45, 7) is 7.04. The second-order valence-corrected chi connectivity index (χ2v) is 8.80. The topological polar surface area (TPSA) is 85.4 Å². The lowest BCUT2D eigenvalue weighted by Crippen LogP contribution is -2.57. The molecule has 8 heteroatoms. The van der Waals surface area contributed by atoms with E-state index in [1.807, 2.05) is 51.1 Å². The third kappa shape index (κ3) is 5.04. The molecule has 1 aromatic rings. The Morgan fingerprint density at radius 1 is 1.07 bits per heavy atom. The van der Waals surface area contributed by atoms with Gasteiger partial charge in [-0.1, -0.05) is 30.3 Å². The Morgan fingerprint density at radius 2 is 1.73 bits per heavy atom. The molecule has 0 spiro atoms. The van der Waals surface area contributed by atoms with Crippen LogP contribution in [0, 0.1) is 11.8 Å². The molecule has 2 aliphatic heterocycles. The minimum atomic E-state index is -0.705. The van der Waals surface area contributed by atoms with Crippen LogP contribution < -0.4 is 0 Å². The maximum absolute atomic E-state index is 12.7. The highest BCUT2D eigenvalue weighted by atomic mass is 16.6. The number of rotatable bonds is 4. The largest absolute Gasteiger partial charge is 0.467 e. The van der Waals surface area contributed by atoms with Crippen LogP contribution in [0.4, 0.5) is 9.59 Å². The zero-order valence-corrected chi connectivity index (χ0v) is 18.0. The van der Waals surface area contributed by atoms with E-state index < -0.39 is 23.7 Å². The van der Waals surface area contributed by atoms with Crippen LogP contribution in [0.5, 0.6) is 0 Å². The number of esters is 1. The first-order valence-corrected chi connectivity index (χ1v) is 10.2. The van der Waals surface area contributed by atoms with Crippen molar-refractivity contribution < 1.29 is 28.6 Å². The maximum Gasteiger partial charge on any atom is 0.410 e. The molecule has 0 radical (unpaired) electrons. The van der Waals surface area contributed by atoms with Gasteiger partial charge in [0.2, 0.25) is 0 Å². The standard InChI is InChI=1S/C22H30N2O6/c1-22(2,3)30-20(26)23-12-16(13-23)17-10-11-24(18(17)19(25)28-4)21(27)29-14-15-8-6-5-7-9-15/h5-9,16-18H,10-14H2,1-4H3/t17-,18-/m0/s1. The van der Waals surface area contributed by atoms with Gasteiger partial charge in [-0.2, -0.15) is 0 Å². The summed E-state index contributed by atoms with van der Waals surface area (Å²) in [5.41, 5.74) is 0.326. The van der Waals surface area contributed by atoms with Gasteiger partial charge in [0.1, 0.15) is 18.2 Å². The summed E-state index contributed by atoms with van der Waals surface area (Å²) in [6.07, 6.45) is -0.224. The molecule has 2 fully saturated rings. The van der Waals surface area contributed by atoms with Crippen LogP contribution in [0.25, 0.3) is 0 Å². The molecule has 30 heavy (non-hydrogen) atoms. The Kier molecular flexibility index (Phi) is 6.53. The first kappa shape index (κ1) is 21.9. The smallest absolute Gasteiger partial charge is 0.410 e. The highest BCUT2D eigenvalue weighted by Gasteiger charge is 2.50. The molecule has 8 nitrogen and oxygen atoms in total. The molecule has 164 valence electrons. The van der Waals surface area contributed by atoms with E-state index in [0.717, 1.165) is 5.56 Å². The summed E-state index contributed by atoms with van der Waals surface area (Å²) in [5, 5.41) is 0. The molecule has 0 aromatic heterocycles. The molecular weight excluding hydrogens is 388 g/mol. The van der Waals surface area contributed by atoms with Crippen LogP contribution in [0.2, 0.25) is 0 Å². The lowest BCUT2D eigenvalue weighted by Gasteiger charge is -2.43. The van der Waals surface area contributed by atoms with Crippen molar-refractivity contribution in [3.8, 4) is 0 Å². The van der Waals surface area contributed by atoms with Crippen molar-refractivity contribution in [1.29, 1.82) is 0 Å². The number of amides is 2. The van der Waals surface area contributed by atoms with Gasteiger partial charge in [0.15, 0.2) is 0 Å². The molecule has 0 saturated carbocycles. The van der Waals surface area contributed by atoms with Crippen LogP contribution in [-0.4, -0.2) is 66.3 Å². The summed E-state index contributed by atoms with van der Waals surface area (Å²) in [4.78, 5) is 40.4. The molecule has 2 atom stereocenters. The fraction of sp³-hybridized carbons (Fsp3) is 0.591. The van der Waals surface area contributed by atoms with Gasteiger partial charge in [0.25, 0.3) is 0 Å². The Bertz CT molecular complexity index is 770. The van der Waals surface area contributed by atoms with E-state index in [-0.39, 0.29) is 24.5 Å². The van der Waals surface area contributed by atoms with Crippen LogP contribution in [0.1, 0.15) is 32.8 Å². The van der Waals surface area contributed by atoms with Gasteiger partial charge >= 0.3 is 18.2 Å². The number of benzene rings is 1. The van der Waals surface area contributed by atoms with Gasteiger partial charge in [0.05, 0.1) is 7.11 Å². The lowest BCUT2D eigenvalue weighted by molar-refractivity contribution is -0.148. The van der Waals surface area contributed by atoms with Gasteiger partial charge in [-0.3, -0.25) is 4.90 Å². The molecule has 3 rings (SSSR count). The van der Waals surface area contributed by atoms with Gasteiger partial charge in [-0.25, -0.2) is 14.4 Å². The first-order chi connectivity index (χ1) is 14.2. The van der Waals surface area contributed by atoms with Crippen molar-refractivity contribution in [3.05, 3.63) is 35.9 Å². The average Bonchev–Trinajstić information content (AvgIpc) is 3.08. The number of carbonyl (C=O) groups is 3. The Morgan fingerprint density at radius 3 is 2.33 bits per heavy atom. The SMILES string of the molecule is COC(=O)[C@@H]1[C@H](C2CN(C(=O)OC(C)(C)C)C2)CCN1C(=O)OCc1ccccc1. The summed E-state index contributed by atoms with van der Waals surface area (Å²) < 4.78 is 15.8. The quantitative estimate of drug-likeness (QED) is 0.552. The monoisotopic (exact) mass is 418 g/mol. The van der Waals surface area contributed by atoms with Crippen molar-refractivity contribution in [2.75, 3.05) is 26.7 Å². The molecule has 2 aliphatic rings. The predicted octanol–water partition coefficient (Wildman–Crippen LogP) is 3.05. The fourth-order valence-corrected chi connectivity index (χ4v) is 4.00. The van der Waals surface area contributed by atoms with E-state index in [1.165, 1.54) is 12.0 Å². The van der Waals surface area contributed by atoms with E-state index in [1.54, 1.807) is 4.90 Å². The molecule has 0 aliphatic carbocycles. The van der Waals surface area contributed by atoms with Crippen LogP contribution in [0.3, 0.4) is 0 Å². The summed E-state index contributed by atoms with van der Waals surface area (Å²) in [6, 6.07) is 8.68. The normalized spacial score (nSPS) is 21.7. The molecule has 1 aromatic carbocycles. The van der Waals surface area contributed by atoms with Crippen molar-refractivity contribution in [2.45, 2.75) is 45.4 Å². The molecule has 0 bridgehead atoms. The van der Waals surface area contributed by atoms with Gasteiger partial charge in [-0.05, 0) is 44.6 Å². The molecule has 2 heterocycles. The van der Waals surface area contributed by atoms with Gasteiger partial charge in [0, 0.05) is 19.6 Å². The average molecular weight is 418 g/mol. The van der Waals surface area contributed by atoms with Crippen LogP contribution in [0.15, 0.2) is 30.3 Å². The third-order valence-electron chi connectivity index (χ3n) is 5.49. The highest BCUT2D eigenvalue weighted by Crippen LogP contribution is 2.37. The predicted molar refractivity (Wildman–Crippen MR) is 109 cm³/mol. The summed E-state index contributed by atoms with van der Waals surface area (Å²) in [7, 11) is 1.32. The van der Waals surface area contributed by atoms with Gasteiger partial charge < -0.3 is 19.1 Å². The molecule has 2 saturated heterocycles. The first-order valence-electron chi connectivity index (χ1n) is 10.2. The number of methoxy groups -OCH3 is 1. The van der Waals surface area contributed by atoms with E-state index in [4.69, 9.17) is 14.2 Å². The zero-order chi connectivity index (χ0) is 21.9. The molecule has 2 amide bonds. The van der Waals surface area contributed by atoms with Crippen molar-refractivity contribution in [1.82, 2.24) is 9.80 Å². The minimum Gasteiger partial charge on any atom is -0.467 e. The van der Waals surface area contributed by atoms with Crippen molar-refractivity contribution in [2.24, 2.45) is 11.8 Å². The molecule has 0 N–H and O–H groups in total. The second kappa shape index (κ2) is 8.93. The van der Waals surface area contributed by atoms with E-state index >= 15 is 0 Å². The maximum atomic E-state index is 12.7. The lowest BCUT2D eigenvalue weighted by atomic mass is 9.81. The Hall–Kier alpha value is -2.77. The van der Waals surface area contributed by atoms with Crippen molar-refractivity contribution >= 4 is 18.2 Å². The Balaban J connectivity index is 1.59. The fourth-order valence-electron chi connectivity index (χ4n) is 4.00. The van der Waals surface area contributed by atoms with Crippen LogP contribution >= 0.6 is 0 Å². The van der Waals surface area contributed by atoms with E-state index in [9.17, 15) is 14.4 Å². The number of ether oxygens (including phenoxy) is 3. The summed E-state index contributed by atoms with van der Waals surface area (Å²) >= 11 is 0. The molecular formula is C22H30N2O6. The van der Waals surface area contributed by atoms with Gasteiger partial charge in [-0.15, -0.1) is 0 Å². The zero-order valence-electron chi connectivity index (χ0n) is 18.0. The van der Waals surface area contributed by atoms with E-state index in [2.05, 4.69) is 0 Å². The van der Waals surface area contributed by atoms with Crippen LogP contribution in [-0.2, 0) is 25.6 Å².